The summed E-state index contributed by atoms with van der Waals surface area (Å²) in [5.74, 6) is 1.30. The molecule has 0 radical (unpaired) electrons. The maximum absolute atomic E-state index is 11.6. The monoisotopic (exact) mass is 263 g/mol. The lowest BCUT2D eigenvalue weighted by Crippen LogP contribution is -2.14. The average molecular weight is 263 g/mol. The summed E-state index contributed by atoms with van der Waals surface area (Å²) >= 11 is 1.44. The van der Waals surface area contributed by atoms with Crippen LogP contribution in [0, 0.1) is 6.92 Å². The first-order chi connectivity index (χ1) is 8.63. The van der Waals surface area contributed by atoms with Crippen molar-refractivity contribution in [2.24, 2.45) is 0 Å². The van der Waals surface area contributed by atoms with Crippen molar-refractivity contribution in [1.29, 1.82) is 0 Å². The summed E-state index contributed by atoms with van der Waals surface area (Å²) in [6, 6.07) is 9.05. The van der Waals surface area contributed by atoms with Gasteiger partial charge in [0.1, 0.15) is 5.76 Å². The van der Waals surface area contributed by atoms with Gasteiger partial charge in [-0.25, -0.2) is 0 Å². The molecule has 0 aliphatic carbocycles. The van der Waals surface area contributed by atoms with Gasteiger partial charge in [0, 0.05) is 16.6 Å². The topological polar surface area (TPSA) is 81.2 Å². The molecular formula is C12H13N3O2S. The van der Waals surface area contributed by atoms with Gasteiger partial charge in [0.25, 0.3) is 0 Å². The lowest BCUT2D eigenvalue weighted by atomic mass is 10.3. The fourth-order valence-electron chi connectivity index (χ4n) is 1.32. The average Bonchev–Trinajstić information content (AvgIpc) is 2.74. The first-order valence-electron chi connectivity index (χ1n) is 5.35. The fourth-order valence-corrected chi connectivity index (χ4v) is 2.02. The van der Waals surface area contributed by atoms with Crippen LogP contribution in [-0.4, -0.2) is 16.8 Å². The van der Waals surface area contributed by atoms with Gasteiger partial charge in [0.15, 0.2) is 5.82 Å². The first kappa shape index (κ1) is 12.5. The highest BCUT2D eigenvalue weighted by Gasteiger charge is 2.06. The number of aromatic nitrogens is 1. The van der Waals surface area contributed by atoms with Crippen molar-refractivity contribution in [2.75, 3.05) is 16.8 Å². The van der Waals surface area contributed by atoms with E-state index in [-0.39, 0.29) is 5.91 Å². The van der Waals surface area contributed by atoms with Crippen LogP contribution in [0.5, 0.6) is 0 Å². The smallest absolute Gasteiger partial charge is 0.235 e. The Labute approximate surface area is 109 Å². The van der Waals surface area contributed by atoms with Gasteiger partial charge in [0.2, 0.25) is 5.91 Å². The van der Waals surface area contributed by atoms with Gasteiger partial charge in [-0.15, -0.1) is 11.8 Å². The summed E-state index contributed by atoms with van der Waals surface area (Å²) in [5.41, 5.74) is 6.29. The summed E-state index contributed by atoms with van der Waals surface area (Å²) in [6.07, 6.45) is 0. The Kier molecular flexibility index (Phi) is 3.88. The number of carbonyl (C=O) groups is 1. The summed E-state index contributed by atoms with van der Waals surface area (Å²) in [5, 5.41) is 6.34. The van der Waals surface area contributed by atoms with Gasteiger partial charge in [0.05, 0.1) is 5.75 Å². The van der Waals surface area contributed by atoms with Crippen LogP contribution < -0.4 is 11.1 Å². The van der Waals surface area contributed by atoms with Gasteiger partial charge < -0.3 is 15.6 Å². The van der Waals surface area contributed by atoms with Crippen LogP contribution in [0.15, 0.2) is 39.8 Å². The molecule has 0 aliphatic rings. The molecule has 0 saturated heterocycles. The van der Waals surface area contributed by atoms with E-state index in [1.54, 1.807) is 25.1 Å². The second-order valence-electron chi connectivity index (χ2n) is 3.73. The third kappa shape index (κ3) is 3.53. The number of rotatable bonds is 4. The molecule has 1 aromatic carbocycles. The molecule has 0 saturated carbocycles. The van der Waals surface area contributed by atoms with Gasteiger partial charge in [-0.2, -0.15) is 0 Å². The standard InChI is InChI=1S/C12H13N3O2S/c1-8-6-11(15-17-8)14-12(16)7-18-10-4-2-9(13)3-5-10/h2-6H,7,13H2,1H3,(H,14,15,16). The van der Waals surface area contributed by atoms with Crippen molar-refractivity contribution in [2.45, 2.75) is 11.8 Å². The van der Waals surface area contributed by atoms with Gasteiger partial charge >= 0.3 is 0 Å². The van der Waals surface area contributed by atoms with Crippen LogP contribution in [0.2, 0.25) is 0 Å². The van der Waals surface area contributed by atoms with Crippen molar-refractivity contribution in [3.8, 4) is 0 Å². The molecule has 0 fully saturated rings. The van der Waals surface area contributed by atoms with Gasteiger partial charge in [-0.1, -0.05) is 5.16 Å². The molecule has 0 unspecified atom stereocenters. The number of anilines is 2. The molecule has 0 atom stereocenters. The Balaban J connectivity index is 1.83. The molecule has 0 spiro atoms. The molecule has 6 heteroatoms. The molecule has 1 aromatic heterocycles. The Hall–Kier alpha value is -1.95. The van der Waals surface area contributed by atoms with Crippen LogP contribution in [0.3, 0.4) is 0 Å². The van der Waals surface area contributed by atoms with E-state index >= 15 is 0 Å². The Morgan fingerprint density at radius 1 is 1.44 bits per heavy atom. The predicted octanol–water partition coefficient (Wildman–Crippen LogP) is 2.30. The molecule has 5 nitrogen and oxygen atoms in total. The van der Waals surface area contributed by atoms with E-state index in [1.807, 2.05) is 12.1 Å². The van der Waals surface area contributed by atoms with E-state index in [4.69, 9.17) is 10.3 Å². The zero-order chi connectivity index (χ0) is 13.0. The van der Waals surface area contributed by atoms with E-state index < -0.39 is 0 Å². The Bertz CT molecular complexity index is 537. The fraction of sp³-hybridized carbons (Fsp3) is 0.167. The second kappa shape index (κ2) is 5.59. The third-order valence-electron chi connectivity index (χ3n) is 2.15. The van der Waals surface area contributed by atoms with E-state index in [0.717, 1.165) is 4.90 Å². The molecule has 1 heterocycles. The Morgan fingerprint density at radius 3 is 2.78 bits per heavy atom. The highest BCUT2D eigenvalue weighted by atomic mass is 32.2. The number of nitrogens with one attached hydrogen (secondary N) is 1. The SMILES string of the molecule is Cc1cc(NC(=O)CSc2ccc(N)cc2)no1. The largest absolute Gasteiger partial charge is 0.399 e. The van der Waals surface area contributed by atoms with Crippen LogP contribution in [0.1, 0.15) is 5.76 Å². The molecule has 2 aromatic rings. The van der Waals surface area contributed by atoms with E-state index in [1.165, 1.54) is 11.8 Å². The normalized spacial score (nSPS) is 10.3. The number of nitrogen functional groups attached to an aromatic ring is 1. The second-order valence-corrected chi connectivity index (χ2v) is 4.78. The van der Waals surface area contributed by atoms with E-state index in [2.05, 4.69) is 10.5 Å². The molecule has 3 N–H and O–H groups in total. The number of nitrogens with two attached hydrogens (primary N) is 1. The minimum Gasteiger partial charge on any atom is -0.399 e. The number of aryl methyl sites for hydroxylation is 1. The molecule has 0 bridgehead atoms. The Morgan fingerprint density at radius 2 is 2.17 bits per heavy atom. The predicted molar refractivity (Wildman–Crippen MR) is 71.4 cm³/mol. The van der Waals surface area contributed by atoms with Gasteiger partial charge in [-0.05, 0) is 31.2 Å². The van der Waals surface area contributed by atoms with Crippen molar-refractivity contribution in [3.05, 3.63) is 36.1 Å². The number of hydrogen-bond acceptors (Lipinski definition) is 5. The third-order valence-corrected chi connectivity index (χ3v) is 3.16. The van der Waals surface area contributed by atoms with E-state index in [0.29, 0.717) is 23.0 Å². The summed E-state index contributed by atoms with van der Waals surface area (Å²) < 4.78 is 4.86. The summed E-state index contributed by atoms with van der Waals surface area (Å²) in [6.45, 7) is 1.77. The van der Waals surface area contributed by atoms with Crippen LogP contribution in [-0.2, 0) is 4.79 Å². The zero-order valence-corrected chi connectivity index (χ0v) is 10.7. The molecule has 0 aliphatic heterocycles. The van der Waals surface area contributed by atoms with Crippen LogP contribution >= 0.6 is 11.8 Å². The number of carbonyl (C=O) groups excluding carboxylic acids is 1. The quantitative estimate of drug-likeness (QED) is 0.653. The minimum atomic E-state index is -0.120. The maximum atomic E-state index is 11.6. The van der Waals surface area contributed by atoms with Crippen LogP contribution in [0.4, 0.5) is 11.5 Å². The minimum absolute atomic E-state index is 0.120. The van der Waals surface area contributed by atoms with Crippen molar-refractivity contribution < 1.29 is 9.32 Å². The highest BCUT2D eigenvalue weighted by Crippen LogP contribution is 2.19. The summed E-state index contributed by atoms with van der Waals surface area (Å²) in [4.78, 5) is 12.6. The number of benzene rings is 1. The number of nitrogens with zero attached hydrogens (tertiary/aromatic N) is 1. The van der Waals surface area contributed by atoms with Gasteiger partial charge in [-0.3, -0.25) is 4.79 Å². The maximum Gasteiger partial charge on any atom is 0.235 e. The van der Waals surface area contributed by atoms with Crippen molar-refractivity contribution in [3.63, 3.8) is 0 Å². The zero-order valence-electron chi connectivity index (χ0n) is 9.84. The molecule has 94 valence electrons. The molecule has 2 rings (SSSR count). The highest BCUT2D eigenvalue weighted by molar-refractivity contribution is 8.00. The summed E-state index contributed by atoms with van der Waals surface area (Å²) in [7, 11) is 0. The van der Waals surface area contributed by atoms with Crippen molar-refractivity contribution >= 4 is 29.2 Å². The number of hydrogen-bond donors (Lipinski definition) is 2. The van der Waals surface area contributed by atoms with Crippen molar-refractivity contribution in [1.82, 2.24) is 5.16 Å². The lowest BCUT2D eigenvalue weighted by molar-refractivity contribution is -0.113. The molecule has 18 heavy (non-hydrogen) atoms. The number of thioether (sulfide) groups is 1. The number of amides is 1. The molecular weight excluding hydrogens is 250 g/mol. The lowest BCUT2D eigenvalue weighted by Gasteiger charge is -2.02. The first-order valence-corrected chi connectivity index (χ1v) is 6.33. The molecule has 1 amide bonds. The van der Waals surface area contributed by atoms with Crippen LogP contribution in [0.25, 0.3) is 0 Å². The van der Waals surface area contributed by atoms with E-state index in [9.17, 15) is 4.79 Å².